The van der Waals surface area contributed by atoms with Crippen molar-refractivity contribution in [3.63, 3.8) is 0 Å². The largest absolute Gasteiger partial charge is 0.383 e. The summed E-state index contributed by atoms with van der Waals surface area (Å²) in [5.41, 5.74) is 2.43. The normalized spacial score (nSPS) is 10.1. The number of rotatable bonds is 7. The van der Waals surface area contributed by atoms with Crippen molar-refractivity contribution in [1.82, 2.24) is 15.3 Å². The van der Waals surface area contributed by atoms with Gasteiger partial charge >= 0.3 is 0 Å². The molecule has 2 heterocycles. The van der Waals surface area contributed by atoms with Gasteiger partial charge in [0.1, 0.15) is 0 Å². The molecule has 0 fully saturated rings. The third-order valence-corrected chi connectivity index (χ3v) is 2.84. The van der Waals surface area contributed by atoms with E-state index < -0.39 is 0 Å². The van der Waals surface area contributed by atoms with E-state index in [0.29, 0.717) is 25.3 Å². The third kappa shape index (κ3) is 4.85. The zero-order chi connectivity index (χ0) is 14.9. The molecule has 110 valence electrons. The fourth-order valence-electron chi connectivity index (χ4n) is 1.73. The highest BCUT2D eigenvalue weighted by Crippen LogP contribution is 2.10. The molecule has 0 spiro atoms. The smallest absolute Gasteiger partial charge is 0.253 e. The van der Waals surface area contributed by atoms with Crippen molar-refractivity contribution in [2.45, 2.75) is 6.54 Å². The van der Waals surface area contributed by atoms with E-state index in [2.05, 4.69) is 20.6 Å². The fourth-order valence-corrected chi connectivity index (χ4v) is 1.73. The number of amides is 1. The molecule has 21 heavy (non-hydrogen) atoms. The van der Waals surface area contributed by atoms with Crippen LogP contribution in [-0.2, 0) is 11.3 Å². The van der Waals surface area contributed by atoms with E-state index in [-0.39, 0.29) is 5.91 Å². The molecule has 0 saturated heterocycles. The summed E-state index contributed by atoms with van der Waals surface area (Å²) >= 11 is 0. The second kappa shape index (κ2) is 7.96. The maximum atomic E-state index is 11.9. The van der Waals surface area contributed by atoms with E-state index in [1.165, 1.54) is 0 Å². The number of hydrogen-bond acceptors (Lipinski definition) is 5. The van der Waals surface area contributed by atoms with Gasteiger partial charge in [0.15, 0.2) is 0 Å². The van der Waals surface area contributed by atoms with Crippen molar-refractivity contribution >= 4 is 11.6 Å². The second-order valence-corrected chi connectivity index (χ2v) is 4.42. The van der Waals surface area contributed by atoms with Crippen LogP contribution in [0.3, 0.4) is 0 Å². The van der Waals surface area contributed by atoms with Crippen LogP contribution in [0.15, 0.2) is 43.0 Å². The van der Waals surface area contributed by atoms with Crippen LogP contribution < -0.4 is 10.6 Å². The average Bonchev–Trinajstić information content (AvgIpc) is 2.54. The molecule has 2 aromatic heterocycles. The van der Waals surface area contributed by atoms with Gasteiger partial charge in [0.2, 0.25) is 0 Å². The first-order chi connectivity index (χ1) is 10.3. The summed E-state index contributed by atoms with van der Waals surface area (Å²) in [6.07, 6.45) is 6.72. The highest BCUT2D eigenvalue weighted by molar-refractivity contribution is 5.94. The van der Waals surface area contributed by atoms with E-state index >= 15 is 0 Å². The molecular formula is C15H18N4O2. The molecule has 6 nitrogen and oxygen atoms in total. The zero-order valence-electron chi connectivity index (χ0n) is 11.9. The number of carbonyl (C=O) groups is 1. The summed E-state index contributed by atoms with van der Waals surface area (Å²) in [6, 6.07) is 5.64. The lowest BCUT2D eigenvalue weighted by Gasteiger charge is -2.08. The van der Waals surface area contributed by atoms with Gasteiger partial charge in [-0.25, -0.2) is 0 Å². The minimum absolute atomic E-state index is 0.160. The Kier molecular flexibility index (Phi) is 5.66. The highest BCUT2D eigenvalue weighted by Gasteiger charge is 2.06. The number of carbonyl (C=O) groups excluding carboxylic acids is 1. The van der Waals surface area contributed by atoms with Gasteiger partial charge in [-0.2, -0.15) is 0 Å². The van der Waals surface area contributed by atoms with Crippen molar-refractivity contribution in [3.8, 4) is 0 Å². The molecule has 0 atom stereocenters. The molecule has 1 amide bonds. The second-order valence-electron chi connectivity index (χ2n) is 4.42. The van der Waals surface area contributed by atoms with Gasteiger partial charge in [0, 0.05) is 45.0 Å². The van der Waals surface area contributed by atoms with Crippen LogP contribution in [0.5, 0.6) is 0 Å². The lowest BCUT2D eigenvalue weighted by Crippen LogP contribution is -2.27. The Bertz CT molecular complexity index is 575. The molecule has 0 aliphatic rings. The summed E-state index contributed by atoms with van der Waals surface area (Å²) < 4.78 is 4.89. The Morgan fingerprint density at radius 2 is 2.05 bits per heavy atom. The third-order valence-electron chi connectivity index (χ3n) is 2.84. The molecule has 0 aliphatic carbocycles. The van der Waals surface area contributed by atoms with Gasteiger partial charge in [-0.3, -0.25) is 14.8 Å². The van der Waals surface area contributed by atoms with E-state index in [9.17, 15) is 4.79 Å². The molecular weight excluding hydrogens is 268 g/mol. The number of aromatic nitrogens is 2. The number of methoxy groups -OCH3 is 1. The summed E-state index contributed by atoms with van der Waals surface area (Å²) in [5.74, 6) is -0.160. The Morgan fingerprint density at radius 3 is 2.81 bits per heavy atom. The van der Waals surface area contributed by atoms with Crippen LogP contribution in [0.25, 0.3) is 0 Å². The quantitative estimate of drug-likeness (QED) is 0.754. The molecule has 6 heteroatoms. The van der Waals surface area contributed by atoms with E-state index in [0.717, 1.165) is 11.3 Å². The van der Waals surface area contributed by atoms with Gasteiger partial charge in [-0.1, -0.05) is 0 Å². The zero-order valence-corrected chi connectivity index (χ0v) is 11.9. The lowest BCUT2D eigenvalue weighted by atomic mass is 10.2. The fraction of sp³-hybridized carbons (Fsp3) is 0.267. The standard InChI is InChI=1S/C15H18N4O2/c1-21-7-6-18-15(20)13-8-14(11-17-10-13)19-9-12-2-4-16-5-3-12/h2-5,8,10-11,19H,6-7,9H2,1H3,(H,18,20). The maximum Gasteiger partial charge on any atom is 0.253 e. The first-order valence-corrected chi connectivity index (χ1v) is 6.64. The number of ether oxygens (including phenoxy) is 1. The van der Waals surface area contributed by atoms with Crippen LogP contribution in [0, 0.1) is 0 Å². The van der Waals surface area contributed by atoms with E-state index in [1.807, 2.05) is 12.1 Å². The minimum Gasteiger partial charge on any atom is -0.383 e. The van der Waals surface area contributed by atoms with Crippen LogP contribution in [0.1, 0.15) is 15.9 Å². The van der Waals surface area contributed by atoms with Crippen molar-refractivity contribution in [3.05, 3.63) is 54.1 Å². The van der Waals surface area contributed by atoms with Crippen molar-refractivity contribution in [2.75, 3.05) is 25.6 Å². The monoisotopic (exact) mass is 286 g/mol. The SMILES string of the molecule is COCCNC(=O)c1cncc(NCc2ccncc2)c1. The highest BCUT2D eigenvalue weighted by atomic mass is 16.5. The van der Waals surface area contributed by atoms with Crippen LogP contribution in [0.4, 0.5) is 5.69 Å². The summed E-state index contributed by atoms with van der Waals surface area (Å²) in [4.78, 5) is 20.0. The summed E-state index contributed by atoms with van der Waals surface area (Å²) in [5, 5.41) is 5.99. The van der Waals surface area contributed by atoms with Gasteiger partial charge in [-0.05, 0) is 23.8 Å². The molecule has 0 aliphatic heterocycles. The molecule has 2 rings (SSSR count). The van der Waals surface area contributed by atoms with Gasteiger partial charge in [0.25, 0.3) is 5.91 Å². The number of nitrogens with one attached hydrogen (secondary N) is 2. The lowest BCUT2D eigenvalue weighted by molar-refractivity contribution is 0.0937. The Hall–Kier alpha value is -2.47. The molecule has 0 bridgehead atoms. The molecule has 2 aromatic rings. The van der Waals surface area contributed by atoms with Gasteiger partial charge in [-0.15, -0.1) is 0 Å². The molecule has 0 saturated carbocycles. The molecule has 0 aromatic carbocycles. The van der Waals surface area contributed by atoms with Gasteiger partial charge in [0.05, 0.1) is 17.9 Å². The van der Waals surface area contributed by atoms with Gasteiger partial charge < -0.3 is 15.4 Å². The Balaban J connectivity index is 1.92. The van der Waals surface area contributed by atoms with Crippen molar-refractivity contribution in [2.24, 2.45) is 0 Å². The summed E-state index contributed by atoms with van der Waals surface area (Å²) in [6.45, 7) is 1.61. The molecule has 2 N–H and O–H groups in total. The predicted octanol–water partition coefficient (Wildman–Crippen LogP) is 1.46. The average molecular weight is 286 g/mol. The first kappa shape index (κ1) is 14.9. The minimum atomic E-state index is -0.160. The topological polar surface area (TPSA) is 76.1 Å². The number of nitrogens with zero attached hydrogens (tertiary/aromatic N) is 2. The van der Waals surface area contributed by atoms with Crippen molar-refractivity contribution < 1.29 is 9.53 Å². The number of pyridine rings is 2. The van der Waals surface area contributed by atoms with Crippen LogP contribution >= 0.6 is 0 Å². The summed E-state index contributed by atoms with van der Waals surface area (Å²) in [7, 11) is 1.59. The first-order valence-electron chi connectivity index (χ1n) is 6.64. The van der Waals surface area contributed by atoms with E-state index in [4.69, 9.17) is 4.74 Å². The van der Waals surface area contributed by atoms with Crippen LogP contribution in [0.2, 0.25) is 0 Å². The van der Waals surface area contributed by atoms with Crippen LogP contribution in [-0.4, -0.2) is 36.1 Å². The molecule has 0 radical (unpaired) electrons. The predicted molar refractivity (Wildman–Crippen MR) is 80.0 cm³/mol. The van der Waals surface area contributed by atoms with Crippen molar-refractivity contribution in [1.29, 1.82) is 0 Å². The number of anilines is 1. The number of hydrogen-bond donors (Lipinski definition) is 2. The van der Waals surface area contributed by atoms with E-state index in [1.54, 1.807) is 38.0 Å². The molecule has 0 unspecified atom stereocenters. The maximum absolute atomic E-state index is 11.9. The Morgan fingerprint density at radius 1 is 1.24 bits per heavy atom. The Labute approximate surface area is 123 Å².